The van der Waals surface area contributed by atoms with Gasteiger partial charge in [0.1, 0.15) is 22.6 Å². The topological polar surface area (TPSA) is 116 Å². The quantitative estimate of drug-likeness (QED) is 0.243. The van der Waals surface area contributed by atoms with Crippen LogP contribution in [0.5, 0.6) is 0 Å². The molecule has 0 spiro atoms. The van der Waals surface area contributed by atoms with Gasteiger partial charge in [0.05, 0.1) is 32.4 Å². The molecule has 1 fully saturated rings. The lowest BCUT2D eigenvalue weighted by Gasteiger charge is -2.26. The standard InChI is InChI=1S/C29H25FN8OS/c1-16(39)21-5-6-22(40-21)27-26-19(7-8-32-27)34-29(35-26)28-23-20(36-37-28)14-33-25(24(23)30)18-11-17(12-31-13-18)15-38-9-3-2-4-10-38/h5-8,11-14H,2-4,9-10,15H2,1H3,(H,34,35)(H,36,37). The normalized spacial score (nSPS) is 14.3. The number of hydrogen-bond acceptors (Lipinski definition) is 8. The zero-order valence-electron chi connectivity index (χ0n) is 21.7. The number of aromatic nitrogens is 7. The van der Waals surface area contributed by atoms with Crippen LogP contribution in [0.15, 0.2) is 49.1 Å². The van der Waals surface area contributed by atoms with Crippen LogP contribution in [0.25, 0.3) is 55.3 Å². The number of piperidine rings is 1. The number of aromatic amines is 2. The first-order valence-corrected chi connectivity index (χ1v) is 14.0. The molecule has 200 valence electrons. The Balaban J connectivity index is 1.28. The van der Waals surface area contributed by atoms with Crippen molar-refractivity contribution in [1.29, 1.82) is 0 Å². The molecule has 0 aliphatic carbocycles. The fourth-order valence-corrected chi connectivity index (χ4v) is 6.21. The molecule has 0 atom stereocenters. The van der Waals surface area contributed by atoms with Crippen molar-refractivity contribution in [2.75, 3.05) is 13.1 Å². The number of H-pyrrole nitrogens is 2. The van der Waals surface area contributed by atoms with Crippen LogP contribution in [0.4, 0.5) is 4.39 Å². The average Bonchev–Trinajstić information content (AvgIpc) is 3.72. The predicted octanol–water partition coefficient (Wildman–Crippen LogP) is 6.01. The summed E-state index contributed by atoms with van der Waals surface area (Å²) in [5.74, 6) is -0.0746. The minimum Gasteiger partial charge on any atom is -0.336 e. The number of likely N-dealkylation sites (tertiary alicyclic amines) is 1. The van der Waals surface area contributed by atoms with E-state index in [-0.39, 0.29) is 11.5 Å². The molecule has 11 heteroatoms. The maximum atomic E-state index is 16.2. The summed E-state index contributed by atoms with van der Waals surface area (Å²) in [5, 5.41) is 7.59. The van der Waals surface area contributed by atoms with E-state index in [2.05, 4.69) is 35.0 Å². The van der Waals surface area contributed by atoms with E-state index in [0.717, 1.165) is 35.6 Å². The first-order valence-electron chi connectivity index (χ1n) is 13.2. The van der Waals surface area contributed by atoms with Gasteiger partial charge < -0.3 is 4.98 Å². The minimum absolute atomic E-state index is 0.00116. The van der Waals surface area contributed by atoms with Gasteiger partial charge in [-0.3, -0.25) is 29.7 Å². The van der Waals surface area contributed by atoms with Crippen molar-refractivity contribution < 1.29 is 9.18 Å². The molecule has 1 aliphatic heterocycles. The van der Waals surface area contributed by atoms with Crippen molar-refractivity contribution >= 4 is 39.1 Å². The van der Waals surface area contributed by atoms with E-state index in [1.807, 2.05) is 24.4 Å². The Morgan fingerprint density at radius 3 is 2.73 bits per heavy atom. The predicted molar refractivity (Wildman–Crippen MR) is 152 cm³/mol. The van der Waals surface area contributed by atoms with Crippen molar-refractivity contribution in [2.24, 2.45) is 0 Å². The number of imidazole rings is 1. The van der Waals surface area contributed by atoms with E-state index in [1.165, 1.54) is 37.5 Å². The summed E-state index contributed by atoms with van der Waals surface area (Å²) in [6.45, 7) is 4.47. The maximum absolute atomic E-state index is 16.2. The molecule has 2 N–H and O–H groups in total. The van der Waals surface area contributed by atoms with E-state index in [0.29, 0.717) is 44.1 Å². The monoisotopic (exact) mass is 552 g/mol. The highest BCUT2D eigenvalue weighted by molar-refractivity contribution is 7.17. The molecule has 0 amide bonds. The number of rotatable bonds is 6. The van der Waals surface area contributed by atoms with Gasteiger partial charge in [-0.25, -0.2) is 9.37 Å². The summed E-state index contributed by atoms with van der Waals surface area (Å²) in [6.07, 6.45) is 10.4. The molecule has 0 radical (unpaired) electrons. The van der Waals surface area contributed by atoms with Gasteiger partial charge in [0, 0.05) is 30.7 Å². The first kappa shape index (κ1) is 24.7. The van der Waals surface area contributed by atoms with Crippen LogP contribution in [0, 0.1) is 5.82 Å². The molecule has 1 aliphatic rings. The minimum atomic E-state index is -0.485. The largest absolute Gasteiger partial charge is 0.336 e. The van der Waals surface area contributed by atoms with E-state index in [9.17, 15) is 4.79 Å². The second-order valence-electron chi connectivity index (χ2n) is 10.1. The second kappa shape index (κ2) is 10.00. The first-order chi connectivity index (χ1) is 19.5. The van der Waals surface area contributed by atoms with Gasteiger partial charge in [-0.05, 0) is 62.7 Å². The fourth-order valence-electron chi connectivity index (χ4n) is 5.31. The summed E-state index contributed by atoms with van der Waals surface area (Å²) >= 11 is 1.37. The lowest BCUT2D eigenvalue weighted by Crippen LogP contribution is -2.29. The van der Waals surface area contributed by atoms with Crippen LogP contribution in [0.2, 0.25) is 0 Å². The number of Topliss-reactive ketones (excluding diaryl/α,β-unsaturated/α-hetero) is 1. The Morgan fingerprint density at radius 2 is 1.90 bits per heavy atom. The van der Waals surface area contributed by atoms with Crippen LogP contribution in [-0.4, -0.2) is 58.9 Å². The molecule has 0 aromatic carbocycles. The Bertz CT molecular complexity index is 1880. The van der Waals surface area contributed by atoms with Gasteiger partial charge in [0.15, 0.2) is 17.4 Å². The summed E-state index contributed by atoms with van der Waals surface area (Å²) in [6, 6.07) is 7.44. The van der Waals surface area contributed by atoms with E-state index < -0.39 is 5.82 Å². The van der Waals surface area contributed by atoms with Crippen molar-refractivity contribution in [3.05, 3.63) is 65.3 Å². The van der Waals surface area contributed by atoms with Crippen molar-refractivity contribution in [3.8, 4) is 33.3 Å². The molecule has 1 saturated heterocycles. The molecule has 9 nitrogen and oxygen atoms in total. The lowest BCUT2D eigenvalue weighted by atomic mass is 10.1. The molecule has 0 unspecified atom stereocenters. The van der Waals surface area contributed by atoms with Gasteiger partial charge in [-0.2, -0.15) is 5.10 Å². The number of hydrogen-bond donors (Lipinski definition) is 2. The number of nitrogens with one attached hydrogen (secondary N) is 2. The Morgan fingerprint density at radius 1 is 1.02 bits per heavy atom. The van der Waals surface area contributed by atoms with Gasteiger partial charge in [-0.1, -0.05) is 6.42 Å². The number of nitrogens with zero attached hydrogens (tertiary/aromatic N) is 6. The fraction of sp³-hybridized carbons (Fsp3) is 0.241. The maximum Gasteiger partial charge on any atom is 0.169 e. The van der Waals surface area contributed by atoms with Crippen LogP contribution in [-0.2, 0) is 6.54 Å². The Hall–Kier alpha value is -4.35. The Kier molecular flexibility index (Phi) is 6.17. The van der Waals surface area contributed by atoms with Crippen molar-refractivity contribution in [3.63, 3.8) is 0 Å². The summed E-state index contributed by atoms with van der Waals surface area (Å²) in [5.41, 5.74) is 4.70. The third-order valence-electron chi connectivity index (χ3n) is 7.28. The number of ketones is 1. The van der Waals surface area contributed by atoms with Crippen LogP contribution in [0.3, 0.4) is 0 Å². The van der Waals surface area contributed by atoms with E-state index in [1.54, 1.807) is 24.7 Å². The lowest BCUT2D eigenvalue weighted by molar-refractivity contribution is 0.102. The third-order valence-corrected chi connectivity index (χ3v) is 8.47. The van der Waals surface area contributed by atoms with Crippen LogP contribution < -0.4 is 0 Å². The molecule has 7 rings (SSSR count). The molecule has 6 aromatic heterocycles. The highest BCUT2D eigenvalue weighted by atomic mass is 32.1. The molecule has 40 heavy (non-hydrogen) atoms. The third kappa shape index (κ3) is 4.37. The highest BCUT2D eigenvalue weighted by Crippen LogP contribution is 2.35. The van der Waals surface area contributed by atoms with Gasteiger partial charge in [0.25, 0.3) is 0 Å². The number of fused-ring (bicyclic) bond motifs is 2. The van der Waals surface area contributed by atoms with Gasteiger partial charge in [-0.15, -0.1) is 11.3 Å². The molecule has 0 bridgehead atoms. The molecule has 6 aromatic rings. The Labute approximate surface area is 232 Å². The number of halogens is 1. The van der Waals surface area contributed by atoms with E-state index in [4.69, 9.17) is 4.98 Å². The second-order valence-corrected chi connectivity index (χ2v) is 11.1. The zero-order valence-corrected chi connectivity index (χ0v) is 22.6. The van der Waals surface area contributed by atoms with E-state index >= 15 is 4.39 Å². The molecular formula is C29H25FN8OS. The average molecular weight is 553 g/mol. The number of thiophene rings is 1. The molecular weight excluding hydrogens is 527 g/mol. The summed E-state index contributed by atoms with van der Waals surface area (Å²) in [7, 11) is 0. The van der Waals surface area contributed by atoms with Crippen molar-refractivity contribution in [2.45, 2.75) is 32.7 Å². The number of carbonyl (C=O) groups is 1. The molecule has 0 saturated carbocycles. The van der Waals surface area contributed by atoms with Crippen molar-refractivity contribution in [1.82, 2.24) is 40.0 Å². The van der Waals surface area contributed by atoms with Crippen LogP contribution in [0.1, 0.15) is 41.4 Å². The molecule has 7 heterocycles. The smallest absolute Gasteiger partial charge is 0.169 e. The van der Waals surface area contributed by atoms with Crippen LogP contribution >= 0.6 is 11.3 Å². The number of carbonyl (C=O) groups excluding carboxylic acids is 1. The van der Waals surface area contributed by atoms with Gasteiger partial charge in [0.2, 0.25) is 0 Å². The van der Waals surface area contributed by atoms with Gasteiger partial charge >= 0.3 is 0 Å². The zero-order chi connectivity index (χ0) is 27.2. The highest BCUT2D eigenvalue weighted by Gasteiger charge is 2.22. The number of pyridine rings is 3. The summed E-state index contributed by atoms with van der Waals surface area (Å²) < 4.78 is 16.2. The summed E-state index contributed by atoms with van der Waals surface area (Å²) in [4.78, 5) is 37.1. The SMILES string of the molecule is CC(=O)c1ccc(-c2nccc3[nH]c(-c4n[nH]c5cnc(-c6cncc(CN7CCCCC7)c6)c(F)c45)nc23)s1.